The summed E-state index contributed by atoms with van der Waals surface area (Å²) in [4.78, 5) is 20.8. The van der Waals surface area contributed by atoms with Crippen molar-refractivity contribution in [3.05, 3.63) is 95.7 Å². The Bertz CT molecular complexity index is 1740. The molecule has 43 heavy (non-hydrogen) atoms. The van der Waals surface area contributed by atoms with Gasteiger partial charge in [-0.15, -0.1) is 0 Å². The topological polar surface area (TPSA) is 82.6 Å². The van der Waals surface area contributed by atoms with Gasteiger partial charge in [-0.25, -0.2) is 8.42 Å². The average molecular weight is 609 g/mol. The van der Waals surface area contributed by atoms with Gasteiger partial charge in [-0.2, -0.15) is 13.2 Å². The fourth-order valence-electron chi connectivity index (χ4n) is 6.09. The number of sulfonamides is 1. The molecule has 1 amide bonds. The number of nitrogens with zero attached hydrogens (tertiary/aromatic N) is 3. The maximum Gasteiger partial charge on any atom is 0.418 e. The van der Waals surface area contributed by atoms with Gasteiger partial charge in [0.05, 0.1) is 11.1 Å². The summed E-state index contributed by atoms with van der Waals surface area (Å²) in [5, 5.41) is 0.696. The van der Waals surface area contributed by atoms with Crippen LogP contribution in [-0.2, 0) is 16.2 Å². The molecule has 1 saturated heterocycles. The number of piperazine rings is 1. The van der Waals surface area contributed by atoms with Crippen LogP contribution in [0.5, 0.6) is 0 Å². The third-order valence-electron chi connectivity index (χ3n) is 8.33. The number of pyridine rings is 1. The number of carbonyl (C=O) groups excluding carboxylic acids is 1. The van der Waals surface area contributed by atoms with Gasteiger partial charge in [-0.05, 0) is 72.9 Å². The van der Waals surface area contributed by atoms with Crippen LogP contribution in [0.25, 0.3) is 10.9 Å². The Morgan fingerprint density at radius 2 is 1.58 bits per heavy atom. The number of hydrogen-bond acceptors (Lipinski definition) is 5. The second kappa shape index (κ2) is 11.5. The molecule has 0 unspecified atom stereocenters. The van der Waals surface area contributed by atoms with E-state index in [0.717, 1.165) is 31.2 Å². The molecule has 224 valence electrons. The normalized spacial score (nSPS) is 16.5. The van der Waals surface area contributed by atoms with E-state index in [2.05, 4.69) is 9.71 Å². The molecule has 1 aliphatic heterocycles. The van der Waals surface area contributed by atoms with Gasteiger partial charge in [0.2, 0.25) is 0 Å². The van der Waals surface area contributed by atoms with E-state index in [9.17, 15) is 26.4 Å². The number of hydrogen-bond donors (Lipinski definition) is 1. The van der Waals surface area contributed by atoms with Crippen LogP contribution < -0.4 is 9.62 Å². The molecule has 1 aromatic heterocycles. The molecule has 2 fully saturated rings. The third kappa shape index (κ3) is 6.04. The highest BCUT2D eigenvalue weighted by molar-refractivity contribution is 7.93. The van der Waals surface area contributed by atoms with Crippen LogP contribution in [0.15, 0.2) is 83.9 Å². The van der Waals surface area contributed by atoms with E-state index in [4.69, 9.17) is 0 Å². The number of alkyl halides is 3. The number of para-hydroxylation sites is 1. The smallest absolute Gasteiger partial charge is 0.367 e. The summed E-state index contributed by atoms with van der Waals surface area (Å²) in [6.45, 7) is 1.08. The maximum absolute atomic E-state index is 14.1. The van der Waals surface area contributed by atoms with Crippen LogP contribution in [0.3, 0.4) is 0 Å². The van der Waals surface area contributed by atoms with Crippen molar-refractivity contribution in [2.75, 3.05) is 35.8 Å². The first-order chi connectivity index (χ1) is 20.6. The summed E-state index contributed by atoms with van der Waals surface area (Å²) >= 11 is 0. The summed E-state index contributed by atoms with van der Waals surface area (Å²) in [7, 11) is -3.94. The molecular formula is C32H31F3N4O3S. The highest BCUT2D eigenvalue weighted by Gasteiger charge is 2.37. The molecule has 4 aromatic rings. The molecule has 0 atom stereocenters. The Hall–Kier alpha value is -4.12. The van der Waals surface area contributed by atoms with Crippen LogP contribution in [0.4, 0.5) is 24.5 Å². The quantitative estimate of drug-likeness (QED) is 0.264. The molecule has 0 spiro atoms. The lowest BCUT2D eigenvalue weighted by atomic mass is 9.94. The van der Waals surface area contributed by atoms with Crippen LogP contribution in [0.2, 0.25) is 0 Å². The van der Waals surface area contributed by atoms with Crippen LogP contribution >= 0.6 is 0 Å². The highest BCUT2D eigenvalue weighted by Crippen LogP contribution is 2.41. The van der Waals surface area contributed by atoms with E-state index in [1.54, 1.807) is 40.1 Å². The predicted octanol–water partition coefficient (Wildman–Crippen LogP) is 6.67. The lowest BCUT2D eigenvalue weighted by Gasteiger charge is -2.37. The molecule has 0 bridgehead atoms. The van der Waals surface area contributed by atoms with Crippen molar-refractivity contribution in [3.8, 4) is 0 Å². The van der Waals surface area contributed by atoms with Crippen molar-refractivity contribution in [2.24, 2.45) is 0 Å². The minimum Gasteiger partial charge on any atom is -0.367 e. The number of rotatable bonds is 6. The maximum atomic E-state index is 14.1. The first kappa shape index (κ1) is 29.0. The van der Waals surface area contributed by atoms with Crippen molar-refractivity contribution in [1.29, 1.82) is 0 Å². The molecule has 2 aliphatic rings. The molecule has 0 radical (unpaired) electrons. The number of benzene rings is 3. The summed E-state index contributed by atoms with van der Waals surface area (Å²) < 4.78 is 70.9. The van der Waals surface area contributed by atoms with Gasteiger partial charge in [-0.3, -0.25) is 14.5 Å². The predicted molar refractivity (Wildman–Crippen MR) is 160 cm³/mol. The Morgan fingerprint density at radius 3 is 2.28 bits per heavy atom. The largest absolute Gasteiger partial charge is 0.418 e. The van der Waals surface area contributed by atoms with Crippen molar-refractivity contribution in [2.45, 2.75) is 42.7 Å². The van der Waals surface area contributed by atoms with Crippen molar-refractivity contribution in [3.63, 3.8) is 0 Å². The fourth-order valence-corrected chi connectivity index (χ4v) is 7.33. The molecule has 6 rings (SSSR count). The zero-order valence-electron chi connectivity index (χ0n) is 23.3. The Labute approximate surface area is 248 Å². The Balaban J connectivity index is 1.12. The minimum absolute atomic E-state index is 0.0467. The average Bonchev–Trinajstić information content (AvgIpc) is 3.55. The molecule has 1 aliphatic carbocycles. The van der Waals surface area contributed by atoms with Gasteiger partial charge in [0.15, 0.2) is 0 Å². The van der Waals surface area contributed by atoms with Gasteiger partial charge < -0.3 is 9.80 Å². The number of aromatic nitrogens is 1. The van der Waals surface area contributed by atoms with E-state index in [1.165, 1.54) is 42.6 Å². The zero-order chi connectivity index (χ0) is 30.2. The van der Waals surface area contributed by atoms with E-state index < -0.39 is 21.8 Å². The monoisotopic (exact) mass is 608 g/mol. The van der Waals surface area contributed by atoms with E-state index in [0.29, 0.717) is 16.5 Å². The molecular weight excluding hydrogens is 577 g/mol. The summed E-state index contributed by atoms with van der Waals surface area (Å²) in [5.74, 6) is -0.0820. The van der Waals surface area contributed by atoms with Crippen LogP contribution in [0.1, 0.15) is 53.1 Å². The summed E-state index contributed by atoms with van der Waals surface area (Å²) in [6.07, 6.45) is 1.00. The number of nitrogens with one attached hydrogen (secondary N) is 1. The molecule has 7 nitrogen and oxygen atoms in total. The van der Waals surface area contributed by atoms with Crippen LogP contribution in [-0.4, -0.2) is 50.4 Å². The standard InChI is InChI=1S/C32H31F3N4O3S/c33-32(34,35)27-21-25(22-5-1-2-6-22)12-15-28(27)38-17-19-39(20-18-38)31(40)24-10-13-26(14-11-24)37-43(41,42)29-9-3-7-23-8-4-16-36-30(23)29/h3-4,7-16,21-22,37H,1-2,5-6,17-20H2. The summed E-state index contributed by atoms with van der Waals surface area (Å²) in [6, 6.07) is 19.3. The first-order valence-electron chi connectivity index (χ1n) is 14.3. The minimum atomic E-state index is -4.47. The number of fused-ring (bicyclic) bond motifs is 1. The fraction of sp³-hybridized carbons (Fsp3) is 0.312. The second-order valence-electron chi connectivity index (χ2n) is 11.0. The third-order valence-corrected chi connectivity index (χ3v) is 9.74. The number of carbonyl (C=O) groups is 1. The van der Waals surface area contributed by atoms with E-state index in [1.807, 2.05) is 6.07 Å². The summed E-state index contributed by atoms with van der Waals surface area (Å²) in [5.41, 5.74) is 1.29. The van der Waals surface area contributed by atoms with Crippen molar-refractivity contribution < 1.29 is 26.4 Å². The van der Waals surface area contributed by atoms with Crippen molar-refractivity contribution >= 4 is 38.2 Å². The first-order valence-corrected chi connectivity index (χ1v) is 15.8. The van der Waals surface area contributed by atoms with Gasteiger partial charge >= 0.3 is 6.18 Å². The molecule has 3 aromatic carbocycles. The molecule has 1 N–H and O–H groups in total. The highest BCUT2D eigenvalue weighted by atomic mass is 32.2. The van der Waals surface area contributed by atoms with Gasteiger partial charge in [0, 0.05) is 54.7 Å². The Kier molecular flexibility index (Phi) is 7.76. The van der Waals surface area contributed by atoms with Crippen LogP contribution in [0, 0.1) is 0 Å². The molecule has 11 heteroatoms. The lowest BCUT2D eigenvalue weighted by molar-refractivity contribution is -0.137. The van der Waals surface area contributed by atoms with E-state index >= 15 is 0 Å². The van der Waals surface area contributed by atoms with Gasteiger partial charge in [-0.1, -0.05) is 37.1 Å². The lowest BCUT2D eigenvalue weighted by Crippen LogP contribution is -2.49. The van der Waals surface area contributed by atoms with Gasteiger partial charge in [0.25, 0.3) is 15.9 Å². The van der Waals surface area contributed by atoms with Gasteiger partial charge in [0.1, 0.15) is 4.90 Å². The molecule has 1 saturated carbocycles. The SMILES string of the molecule is O=C(c1ccc(NS(=O)(=O)c2cccc3cccnc23)cc1)N1CCN(c2ccc(C3CCCC3)cc2C(F)(F)F)CC1. The number of anilines is 2. The van der Waals surface area contributed by atoms with Crippen molar-refractivity contribution in [1.82, 2.24) is 9.88 Å². The number of halogens is 3. The zero-order valence-corrected chi connectivity index (χ0v) is 24.2. The number of amides is 1. The Morgan fingerprint density at radius 1 is 0.884 bits per heavy atom. The molecule has 2 heterocycles. The second-order valence-corrected chi connectivity index (χ2v) is 12.7. The van der Waals surface area contributed by atoms with E-state index in [-0.39, 0.29) is 54.3 Å².